The number of aromatic nitrogens is 2. The summed E-state index contributed by atoms with van der Waals surface area (Å²) in [5, 5.41) is 7.83. The van der Waals surface area contributed by atoms with Gasteiger partial charge in [-0.15, -0.1) is 11.8 Å². The van der Waals surface area contributed by atoms with E-state index in [4.69, 9.17) is 4.52 Å². The van der Waals surface area contributed by atoms with E-state index in [1.54, 1.807) is 0 Å². The van der Waals surface area contributed by atoms with Gasteiger partial charge in [0, 0.05) is 22.8 Å². The average Bonchev–Trinajstić information content (AvgIpc) is 2.75. The van der Waals surface area contributed by atoms with Gasteiger partial charge in [0.2, 0.25) is 5.89 Å². The van der Waals surface area contributed by atoms with Gasteiger partial charge in [-0.2, -0.15) is 16.7 Å². The maximum Gasteiger partial charge on any atom is 0.240 e. The van der Waals surface area contributed by atoms with Crippen molar-refractivity contribution in [3.63, 3.8) is 0 Å². The summed E-state index contributed by atoms with van der Waals surface area (Å²) in [7, 11) is 0. The van der Waals surface area contributed by atoms with Crippen LogP contribution in [0.25, 0.3) is 0 Å². The first kappa shape index (κ1) is 13.2. The second-order valence-corrected chi connectivity index (χ2v) is 7.54. The molecule has 0 spiro atoms. The van der Waals surface area contributed by atoms with Crippen LogP contribution in [0.1, 0.15) is 37.7 Å². The maximum atomic E-state index is 5.27. The summed E-state index contributed by atoms with van der Waals surface area (Å²) in [5.41, 5.74) is 0.0735. The first-order valence-corrected chi connectivity index (χ1v) is 8.02. The number of nitrogens with zero attached hydrogens (tertiary/aromatic N) is 2. The van der Waals surface area contributed by atoms with Crippen LogP contribution in [0.5, 0.6) is 0 Å². The molecule has 0 aromatic carbocycles. The molecule has 6 heteroatoms. The first-order chi connectivity index (χ1) is 8.04. The van der Waals surface area contributed by atoms with Gasteiger partial charge < -0.3 is 9.84 Å². The zero-order chi connectivity index (χ0) is 12.3. The molecule has 0 radical (unpaired) electrons. The highest BCUT2D eigenvalue weighted by atomic mass is 32.2. The van der Waals surface area contributed by atoms with E-state index in [1.807, 2.05) is 23.5 Å². The molecule has 4 nitrogen and oxygen atoms in total. The van der Waals surface area contributed by atoms with Crippen LogP contribution in [0.15, 0.2) is 4.52 Å². The van der Waals surface area contributed by atoms with Crippen LogP contribution in [0.3, 0.4) is 0 Å². The van der Waals surface area contributed by atoms with Crippen molar-refractivity contribution >= 4 is 23.5 Å². The molecule has 0 aliphatic carbocycles. The van der Waals surface area contributed by atoms with Crippen molar-refractivity contribution in [3.8, 4) is 0 Å². The average molecular weight is 273 g/mol. The van der Waals surface area contributed by atoms with Gasteiger partial charge in [0.1, 0.15) is 0 Å². The van der Waals surface area contributed by atoms with Crippen molar-refractivity contribution in [3.05, 3.63) is 11.7 Å². The molecule has 1 atom stereocenters. The Morgan fingerprint density at radius 2 is 2.24 bits per heavy atom. The van der Waals surface area contributed by atoms with Gasteiger partial charge in [0.25, 0.3) is 0 Å². The highest BCUT2D eigenvalue weighted by Gasteiger charge is 2.22. The second-order valence-electron chi connectivity index (χ2n) is 5.08. The third-order valence-corrected chi connectivity index (χ3v) is 5.11. The van der Waals surface area contributed by atoms with E-state index in [-0.39, 0.29) is 5.54 Å². The lowest BCUT2D eigenvalue weighted by molar-refractivity contribution is 0.334. The van der Waals surface area contributed by atoms with Gasteiger partial charge >= 0.3 is 0 Å². The minimum Gasteiger partial charge on any atom is -0.338 e. The Bertz CT molecular complexity index is 356. The number of hydrogen-bond acceptors (Lipinski definition) is 6. The van der Waals surface area contributed by atoms with Gasteiger partial charge in [-0.3, -0.25) is 0 Å². The highest BCUT2D eigenvalue weighted by Crippen LogP contribution is 2.35. The van der Waals surface area contributed by atoms with Gasteiger partial charge in [0.15, 0.2) is 5.82 Å². The summed E-state index contributed by atoms with van der Waals surface area (Å²) in [6, 6.07) is 0. The molecule has 1 unspecified atom stereocenters. The summed E-state index contributed by atoms with van der Waals surface area (Å²) in [6.45, 7) is 7.01. The molecule has 1 N–H and O–H groups in total. The quantitative estimate of drug-likeness (QED) is 0.913. The van der Waals surface area contributed by atoms with E-state index < -0.39 is 0 Å². The van der Waals surface area contributed by atoms with E-state index in [1.165, 1.54) is 11.5 Å². The standard InChI is InChI=1S/C11H19N3OS2/c1-11(2,3)12-6-9-13-10(14-15-9)8-7-16-4-5-17-8/h8,12H,4-7H2,1-3H3. The lowest BCUT2D eigenvalue weighted by Gasteiger charge is -2.18. The Morgan fingerprint density at radius 3 is 2.88 bits per heavy atom. The molecule has 17 heavy (non-hydrogen) atoms. The molecular formula is C11H19N3OS2. The normalized spacial score (nSPS) is 21.7. The summed E-state index contributed by atoms with van der Waals surface area (Å²) >= 11 is 3.89. The molecule has 0 amide bonds. The summed E-state index contributed by atoms with van der Waals surface area (Å²) in [5.74, 6) is 5.05. The molecule has 2 rings (SSSR count). The number of thioether (sulfide) groups is 2. The van der Waals surface area contributed by atoms with E-state index in [0.29, 0.717) is 17.7 Å². The molecule has 0 saturated carbocycles. The smallest absolute Gasteiger partial charge is 0.240 e. The molecule has 1 aliphatic rings. The Morgan fingerprint density at radius 1 is 1.41 bits per heavy atom. The van der Waals surface area contributed by atoms with Crippen molar-refractivity contribution in [2.75, 3.05) is 17.3 Å². The van der Waals surface area contributed by atoms with E-state index in [2.05, 4.69) is 36.2 Å². The fourth-order valence-electron chi connectivity index (χ4n) is 1.45. The Labute approximate surface area is 111 Å². The minimum atomic E-state index is 0.0735. The molecule has 1 aromatic heterocycles. The van der Waals surface area contributed by atoms with Gasteiger partial charge in [-0.1, -0.05) is 5.16 Å². The lowest BCUT2D eigenvalue weighted by atomic mass is 10.1. The Balaban J connectivity index is 1.91. The molecule has 0 bridgehead atoms. The fraction of sp³-hybridized carbons (Fsp3) is 0.818. The molecule has 2 heterocycles. The van der Waals surface area contributed by atoms with Crippen molar-refractivity contribution in [1.29, 1.82) is 0 Å². The van der Waals surface area contributed by atoms with Crippen molar-refractivity contribution in [2.24, 2.45) is 0 Å². The summed E-state index contributed by atoms with van der Waals surface area (Å²) in [6.07, 6.45) is 0. The van der Waals surface area contributed by atoms with Crippen LogP contribution in [-0.4, -0.2) is 32.9 Å². The number of rotatable bonds is 3. The predicted octanol–water partition coefficient (Wildman–Crippen LogP) is 2.48. The molecule has 1 aliphatic heterocycles. The highest BCUT2D eigenvalue weighted by molar-refractivity contribution is 8.06. The SMILES string of the molecule is CC(C)(C)NCc1nc(C2CSCCS2)no1. The Hall–Kier alpha value is -0.200. The van der Waals surface area contributed by atoms with E-state index in [0.717, 1.165) is 11.6 Å². The topological polar surface area (TPSA) is 51.0 Å². The monoisotopic (exact) mass is 273 g/mol. The van der Waals surface area contributed by atoms with Gasteiger partial charge in [0.05, 0.1) is 11.8 Å². The van der Waals surface area contributed by atoms with Crippen LogP contribution < -0.4 is 5.32 Å². The van der Waals surface area contributed by atoms with Crippen molar-refractivity contribution < 1.29 is 4.52 Å². The fourth-order valence-corrected chi connectivity index (χ4v) is 4.04. The third kappa shape index (κ3) is 4.19. The zero-order valence-corrected chi connectivity index (χ0v) is 12.2. The van der Waals surface area contributed by atoms with Crippen LogP contribution in [0.2, 0.25) is 0 Å². The predicted molar refractivity (Wildman–Crippen MR) is 73.4 cm³/mol. The van der Waals surface area contributed by atoms with Crippen molar-refractivity contribution in [1.82, 2.24) is 15.5 Å². The molecular weight excluding hydrogens is 254 g/mol. The van der Waals surface area contributed by atoms with Crippen LogP contribution in [0.4, 0.5) is 0 Å². The van der Waals surface area contributed by atoms with Gasteiger partial charge in [-0.25, -0.2) is 0 Å². The van der Waals surface area contributed by atoms with Crippen LogP contribution in [-0.2, 0) is 6.54 Å². The zero-order valence-electron chi connectivity index (χ0n) is 10.5. The molecule has 1 aromatic rings. The molecule has 1 fully saturated rings. The number of hydrogen-bond donors (Lipinski definition) is 1. The number of nitrogens with one attached hydrogen (secondary N) is 1. The maximum absolute atomic E-state index is 5.27. The van der Waals surface area contributed by atoms with Crippen LogP contribution >= 0.6 is 23.5 Å². The largest absolute Gasteiger partial charge is 0.338 e. The Kier molecular flexibility index (Phi) is 4.38. The second kappa shape index (κ2) is 5.63. The minimum absolute atomic E-state index is 0.0735. The molecule has 96 valence electrons. The summed E-state index contributed by atoms with van der Waals surface area (Å²) in [4.78, 5) is 4.46. The lowest BCUT2D eigenvalue weighted by Crippen LogP contribution is -2.35. The molecule has 1 saturated heterocycles. The third-order valence-electron chi connectivity index (χ3n) is 2.36. The van der Waals surface area contributed by atoms with Gasteiger partial charge in [-0.05, 0) is 20.8 Å². The van der Waals surface area contributed by atoms with Crippen molar-refractivity contribution in [2.45, 2.75) is 38.1 Å². The van der Waals surface area contributed by atoms with E-state index >= 15 is 0 Å². The summed E-state index contributed by atoms with van der Waals surface area (Å²) < 4.78 is 5.27. The first-order valence-electron chi connectivity index (χ1n) is 5.81. The van der Waals surface area contributed by atoms with E-state index in [9.17, 15) is 0 Å². The van der Waals surface area contributed by atoms with Crippen LogP contribution in [0, 0.1) is 0 Å².